The lowest BCUT2D eigenvalue weighted by atomic mass is 10.4. The molecule has 0 aromatic carbocycles. The maximum absolute atomic E-state index is 4.95. The molecule has 0 aliphatic carbocycles. The van der Waals surface area contributed by atoms with Crippen LogP contribution in [0.4, 0.5) is 5.69 Å². The van der Waals surface area contributed by atoms with Crippen LogP contribution in [0.25, 0.3) is 6.08 Å². The molecule has 0 saturated heterocycles. The largest absolute Gasteiger partial charge is 0.463 e. The van der Waals surface area contributed by atoms with Crippen LogP contribution in [0.3, 0.4) is 0 Å². The molecule has 1 heterocycles. The van der Waals surface area contributed by atoms with Crippen LogP contribution in [0.5, 0.6) is 0 Å². The van der Waals surface area contributed by atoms with Crippen LogP contribution >= 0.6 is 0 Å². The molecule has 9 heavy (non-hydrogen) atoms. The molecule has 0 spiro atoms. The van der Waals surface area contributed by atoms with E-state index in [1.54, 1.807) is 18.4 Å². The number of nitrogens with zero attached hydrogens (tertiary/aromatic N) is 1. The summed E-state index contributed by atoms with van der Waals surface area (Å²) in [5, 5.41) is 0. The first-order chi connectivity index (χ1) is 4.38. The zero-order valence-corrected chi connectivity index (χ0v) is 5.00. The summed E-state index contributed by atoms with van der Waals surface area (Å²) < 4.78 is 4.95. The molecule has 0 aliphatic rings. The van der Waals surface area contributed by atoms with Crippen LogP contribution in [0.15, 0.2) is 28.3 Å². The number of furan rings is 1. The first-order valence-corrected chi connectivity index (χ1v) is 2.55. The summed E-state index contributed by atoms with van der Waals surface area (Å²) in [5.41, 5.74) is 0.741. The van der Waals surface area contributed by atoms with E-state index in [0.29, 0.717) is 5.76 Å². The Labute approximate surface area is 53.5 Å². The van der Waals surface area contributed by atoms with Crippen LogP contribution < -0.4 is 0 Å². The average molecular weight is 121 g/mol. The summed E-state index contributed by atoms with van der Waals surface area (Å²) in [4.78, 5) is 3.69. The summed E-state index contributed by atoms with van der Waals surface area (Å²) in [6.07, 6.45) is 3.16. The highest BCUT2D eigenvalue weighted by Gasteiger charge is 1.96. The van der Waals surface area contributed by atoms with E-state index in [4.69, 9.17) is 4.42 Å². The highest BCUT2D eigenvalue weighted by atomic mass is 16.3. The van der Waals surface area contributed by atoms with Gasteiger partial charge in [-0.3, -0.25) is 4.99 Å². The minimum Gasteiger partial charge on any atom is -0.463 e. The predicted molar refractivity (Wildman–Crippen MR) is 38.0 cm³/mol. The topological polar surface area (TPSA) is 25.5 Å². The second kappa shape index (κ2) is 2.31. The Hall–Kier alpha value is -1.31. The van der Waals surface area contributed by atoms with Crippen molar-refractivity contribution in [3.63, 3.8) is 0 Å². The molecule has 0 fully saturated rings. The van der Waals surface area contributed by atoms with Crippen molar-refractivity contribution < 1.29 is 4.42 Å². The van der Waals surface area contributed by atoms with E-state index in [1.165, 1.54) is 0 Å². The van der Waals surface area contributed by atoms with Crippen molar-refractivity contribution in [2.75, 3.05) is 0 Å². The average Bonchev–Trinajstić information content (AvgIpc) is 2.33. The van der Waals surface area contributed by atoms with E-state index in [1.807, 2.05) is 0 Å². The fourth-order valence-corrected chi connectivity index (χ4v) is 0.598. The molecule has 0 aliphatic heterocycles. The molecule has 0 bridgehead atoms. The van der Waals surface area contributed by atoms with Crippen molar-refractivity contribution in [3.05, 3.63) is 24.7 Å². The molecule has 2 nitrogen and oxygen atoms in total. The Bertz CT molecular complexity index is 202. The van der Waals surface area contributed by atoms with Gasteiger partial charge in [0.2, 0.25) is 0 Å². The predicted octanol–water partition coefficient (Wildman–Crippen LogP) is 2.25. The van der Waals surface area contributed by atoms with Crippen LogP contribution in [0, 0.1) is 0 Å². The summed E-state index contributed by atoms with van der Waals surface area (Å²) in [7, 11) is 0. The van der Waals surface area contributed by atoms with Crippen molar-refractivity contribution >= 4 is 18.5 Å². The third-order valence-electron chi connectivity index (χ3n) is 1.03. The molecule has 0 amide bonds. The molecule has 0 radical (unpaired) electrons. The van der Waals surface area contributed by atoms with E-state index < -0.39 is 0 Å². The molecule has 0 atom stereocenters. The Morgan fingerprint density at radius 1 is 1.67 bits per heavy atom. The maximum Gasteiger partial charge on any atom is 0.151 e. The van der Waals surface area contributed by atoms with E-state index in [0.717, 1.165) is 5.69 Å². The normalized spacial score (nSPS) is 8.89. The minimum atomic E-state index is 0.671. The lowest BCUT2D eigenvalue weighted by molar-refractivity contribution is 0.558. The smallest absolute Gasteiger partial charge is 0.151 e. The van der Waals surface area contributed by atoms with E-state index in [2.05, 4.69) is 18.3 Å². The lowest BCUT2D eigenvalue weighted by Gasteiger charge is -1.83. The van der Waals surface area contributed by atoms with Gasteiger partial charge in [-0.25, -0.2) is 0 Å². The molecule has 0 N–H and O–H groups in total. The Morgan fingerprint density at radius 2 is 2.44 bits per heavy atom. The van der Waals surface area contributed by atoms with E-state index in [9.17, 15) is 0 Å². The summed E-state index contributed by atoms with van der Waals surface area (Å²) in [5.74, 6) is 0.671. The van der Waals surface area contributed by atoms with Gasteiger partial charge in [-0.05, 0) is 12.8 Å². The number of rotatable bonds is 2. The molecule has 46 valence electrons. The van der Waals surface area contributed by atoms with Crippen molar-refractivity contribution in [2.45, 2.75) is 0 Å². The molecular weight excluding hydrogens is 114 g/mol. The second-order valence-electron chi connectivity index (χ2n) is 1.53. The lowest BCUT2D eigenvalue weighted by Crippen LogP contribution is -1.59. The van der Waals surface area contributed by atoms with Gasteiger partial charge in [0.25, 0.3) is 0 Å². The fourth-order valence-electron chi connectivity index (χ4n) is 0.598. The van der Waals surface area contributed by atoms with Crippen LogP contribution in [0.2, 0.25) is 0 Å². The highest BCUT2D eigenvalue weighted by Crippen LogP contribution is 2.19. The zero-order valence-electron chi connectivity index (χ0n) is 5.00. The first kappa shape index (κ1) is 5.82. The Kier molecular flexibility index (Phi) is 1.49. The van der Waals surface area contributed by atoms with Crippen LogP contribution in [-0.4, -0.2) is 6.72 Å². The minimum absolute atomic E-state index is 0.671. The van der Waals surface area contributed by atoms with Gasteiger partial charge in [0.1, 0.15) is 5.69 Å². The molecule has 1 rings (SSSR count). The van der Waals surface area contributed by atoms with Crippen molar-refractivity contribution in [1.82, 2.24) is 0 Å². The molecule has 0 unspecified atom stereocenters. The van der Waals surface area contributed by atoms with Crippen LogP contribution in [0.1, 0.15) is 5.76 Å². The quantitative estimate of drug-likeness (QED) is 0.551. The summed E-state index contributed by atoms with van der Waals surface area (Å²) in [6, 6.07) is 1.74. The van der Waals surface area contributed by atoms with Gasteiger partial charge >= 0.3 is 0 Å². The van der Waals surface area contributed by atoms with E-state index in [-0.39, 0.29) is 0 Å². The molecule has 2 heteroatoms. The van der Waals surface area contributed by atoms with Gasteiger partial charge in [0.05, 0.1) is 6.26 Å². The van der Waals surface area contributed by atoms with Gasteiger partial charge in [-0.2, -0.15) is 0 Å². The van der Waals surface area contributed by atoms with Gasteiger partial charge in [-0.1, -0.05) is 6.58 Å². The summed E-state index contributed by atoms with van der Waals surface area (Å²) in [6.45, 7) is 6.88. The molecule has 1 aromatic rings. The summed E-state index contributed by atoms with van der Waals surface area (Å²) >= 11 is 0. The monoisotopic (exact) mass is 121 g/mol. The third kappa shape index (κ3) is 0.914. The van der Waals surface area contributed by atoms with Gasteiger partial charge in [0.15, 0.2) is 5.76 Å². The third-order valence-corrected chi connectivity index (χ3v) is 1.03. The number of aliphatic imine (C=N–C) groups is 1. The van der Waals surface area contributed by atoms with Gasteiger partial charge in [-0.15, -0.1) is 0 Å². The van der Waals surface area contributed by atoms with Crippen molar-refractivity contribution in [2.24, 2.45) is 4.99 Å². The standard InChI is InChI=1S/C7H7NO/c1-3-7-6(8-2)4-5-9-7/h3-5H,1-2H2. The molecular formula is C7H7NO. The van der Waals surface area contributed by atoms with Crippen molar-refractivity contribution in [1.29, 1.82) is 0 Å². The van der Waals surface area contributed by atoms with Crippen molar-refractivity contribution in [3.8, 4) is 0 Å². The molecule has 1 aromatic heterocycles. The number of hydrogen-bond acceptors (Lipinski definition) is 2. The fraction of sp³-hybridized carbons (Fsp3) is 0. The highest BCUT2D eigenvalue weighted by molar-refractivity contribution is 5.59. The Balaban J connectivity index is 3.12. The van der Waals surface area contributed by atoms with E-state index >= 15 is 0 Å². The maximum atomic E-state index is 4.95. The second-order valence-corrected chi connectivity index (χ2v) is 1.53. The van der Waals surface area contributed by atoms with Gasteiger partial charge in [0, 0.05) is 6.07 Å². The molecule has 0 saturated carbocycles. The zero-order chi connectivity index (χ0) is 6.69. The first-order valence-electron chi connectivity index (χ1n) is 2.55. The SMILES string of the molecule is C=Cc1occc1N=C. The van der Waals surface area contributed by atoms with Crippen LogP contribution in [-0.2, 0) is 0 Å². The van der Waals surface area contributed by atoms with Gasteiger partial charge < -0.3 is 4.42 Å². The Morgan fingerprint density at radius 3 is 2.89 bits per heavy atom. The number of hydrogen-bond donors (Lipinski definition) is 0.